The van der Waals surface area contributed by atoms with Gasteiger partial charge in [0.05, 0.1) is 26.9 Å². The van der Waals surface area contributed by atoms with Crippen LogP contribution in [-0.2, 0) is 5.54 Å². The summed E-state index contributed by atoms with van der Waals surface area (Å²) in [5.74, 6) is 1.70. The summed E-state index contributed by atoms with van der Waals surface area (Å²) in [5.41, 5.74) is 0.961. The molecular weight excluding hydrogens is 306 g/mol. The standard InChI is InChI=1S/C19H23NO4/c1-19(2,14-7-9-15(22-3)10-8-14)20-18(21)13-6-11-16(23-4)17(12-13)24-5/h6-12H,1-5H3,(H,20,21). The highest BCUT2D eigenvalue weighted by Crippen LogP contribution is 2.28. The fraction of sp³-hybridized carbons (Fsp3) is 0.316. The molecule has 24 heavy (non-hydrogen) atoms. The Hall–Kier alpha value is -2.69. The molecule has 0 aliphatic carbocycles. The molecule has 0 radical (unpaired) electrons. The Morgan fingerprint density at radius 3 is 2.04 bits per heavy atom. The van der Waals surface area contributed by atoms with Crippen LogP contribution in [0.15, 0.2) is 42.5 Å². The van der Waals surface area contributed by atoms with Gasteiger partial charge in [-0.05, 0) is 49.7 Å². The summed E-state index contributed by atoms with van der Waals surface area (Å²) in [4.78, 5) is 12.6. The summed E-state index contributed by atoms with van der Waals surface area (Å²) in [5, 5.41) is 3.04. The molecule has 0 aromatic heterocycles. The van der Waals surface area contributed by atoms with Crippen molar-refractivity contribution in [1.82, 2.24) is 5.32 Å². The molecule has 1 N–H and O–H groups in total. The maximum absolute atomic E-state index is 12.6. The quantitative estimate of drug-likeness (QED) is 0.883. The van der Waals surface area contributed by atoms with Crippen LogP contribution in [0.4, 0.5) is 0 Å². The molecule has 0 spiro atoms. The largest absolute Gasteiger partial charge is 0.497 e. The maximum Gasteiger partial charge on any atom is 0.252 e. The summed E-state index contributed by atoms with van der Waals surface area (Å²) in [6.07, 6.45) is 0. The number of carbonyl (C=O) groups is 1. The van der Waals surface area contributed by atoms with Crippen LogP contribution in [0.25, 0.3) is 0 Å². The Balaban J connectivity index is 2.20. The molecule has 0 heterocycles. The van der Waals surface area contributed by atoms with E-state index in [1.54, 1.807) is 39.5 Å². The molecule has 2 rings (SSSR count). The van der Waals surface area contributed by atoms with E-state index < -0.39 is 5.54 Å². The zero-order chi connectivity index (χ0) is 17.7. The topological polar surface area (TPSA) is 56.8 Å². The van der Waals surface area contributed by atoms with Gasteiger partial charge in [-0.15, -0.1) is 0 Å². The van der Waals surface area contributed by atoms with Crippen molar-refractivity contribution in [3.63, 3.8) is 0 Å². The SMILES string of the molecule is COc1ccc(C(C)(C)NC(=O)c2ccc(OC)c(OC)c2)cc1. The van der Waals surface area contributed by atoms with Crippen molar-refractivity contribution in [3.05, 3.63) is 53.6 Å². The minimum Gasteiger partial charge on any atom is -0.497 e. The second kappa shape index (κ2) is 7.25. The van der Waals surface area contributed by atoms with Gasteiger partial charge in [-0.1, -0.05) is 12.1 Å². The number of ether oxygens (including phenoxy) is 3. The Labute approximate surface area is 142 Å². The van der Waals surface area contributed by atoms with Gasteiger partial charge in [0.15, 0.2) is 11.5 Å². The van der Waals surface area contributed by atoms with Crippen molar-refractivity contribution < 1.29 is 19.0 Å². The Morgan fingerprint density at radius 1 is 0.875 bits per heavy atom. The average molecular weight is 329 g/mol. The summed E-state index contributed by atoms with van der Waals surface area (Å²) >= 11 is 0. The highest BCUT2D eigenvalue weighted by Gasteiger charge is 2.24. The van der Waals surface area contributed by atoms with E-state index in [1.807, 2.05) is 38.1 Å². The average Bonchev–Trinajstić information content (AvgIpc) is 2.60. The molecule has 128 valence electrons. The second-order valence-electron chi connectivity index (χ2n) is 5.88. The third kappa shape index (κ3) is 3.79. The van der Waals surface area contributed by atoms with Gasteiger partial charge in [0.1, 0.15) is 5.75 Å². The first-order valence-corrected chi connectivity index (χ1v) is 7.60. The van der Waals surface area contributed by atoms with Gasteiger partial charge in [0.25, 0.3) is 5.91 Å². The Kier molecular flexibility index (Phi) is 5.34. The molecular formula is C19H23NO4. The van der Waals surface area contributed by atoms with Gasteiger partial charge in [0.2, 0.25) is 0 Å². The van der Waals surface area contributed by atoms with Crippen molar-refractivity contribution in [1.29, 1.82) is 0 Å². The molecule has 0 fully saturated rings. The van der Waals surface area contributed by atoms with E-state index in [-0.39, 0.29) is 5.91 Å². The van der Waals surface area contributed by atoms with E-state index in [9.17, 15) is 4.79 Å². The van der Waals surface area contributed by atoms with Crippen LogP contribution in [0.5, 0.6) is 17.2 Å². The number of methoxy groups -OCH3 is 3. The predicted molar refractivity (Wildman–Crippen MR) is 93.0 cm³/mol. The summed E-state index contributed by atoms with van der Waals surface area (Å²) in [6.45, 7) is 3.90. The minimum absolute atomic E-state index is 0.184. The lowest BCUT2D eigenvalue weighted by Gasteiger charge is -2.27. The van der Waals surface area contributed by atoms with Crippen molar-refractivity contribution in [3.8, 4) is 17.2 Å². The summed E-state index contributed by atoms with van der Waals surface area (Å²) < 4.78 is 15.6. The lowest BCUT2D eigenvalue weighted by atomic mass is 9.93. The van der Waals surface area contributed by atoms with Crippen LogP contribution in [0.1, 0.15) is 29.8 Å². The van der Waals surface area contributed by atoms with Crippen molar-refractivity contribution in [2.24, 2.45) is 0 Å². The smallest absolute Gasteiger partial charge is 0.252 e. The number of nitrogens with one attached hydrogen (secondary N) is 1. The van der Waals surface area contributed by atoms with Crippen molar-refractivity contribution in [2.75, 3.05) is 21.3 Å². The zero-order valence-electron chi connectivity index (χ0n) is 14.7. The predicted octanol–water partition coefficient (Wildman–Crippen LogP) is 3.38. The van der Waals surface area contributed by atoms with E-state index in [4.69, 9.17) is 14.2 Å². The monoisotopic (exact) mass is 329 g/mol. The zero-order valence-corrected chi connectivity index (χ0v) is 14.7. The molecule has 0 unspecified atom stereocenters. The van der Waals surface area contributed by atoms with Crippen LogP contribution in [0.2, 0.25) is 0 Å². The fourth-order valence-corrected chi connectivity index (χ4v) is 2.41. The molecule has 0 atom stereocenters. The van der Waals surface area contributed by atoms with Gasteiger partial charge in [-0.25, -0.2) is 0 Å². The molecule has 0 saturated heterocycles. The van der Waals surface area contributed by atoms with Crippen LogP contribution >= 0.6 is 0 Å². The van der Waals surface area contributed by atoms with E-state index >= 15 is 0 Å². The number of carbonyl (C=O) groups excluding carboxylic acids is 1. The molecule has 2 aromatic carbocycles. The maximum atomic E-state index is 12.6. The van der Waals surface area contributed by atoms with Crippen molar-refractivity contribution >= 4 is 5.91 Å². The van der Waals surface area contributed by atoms with Gasteiger partial charge < -0.3 is 19.5 Å². The van der Waals surface area contributed by atoms with Crippen LogP contribution in [0.3, 0.4) is 0 Å². The highest BCUT2D eigenvalue weighted by molar-refractivity contribution is 5.95. The second-order valence-corrected chi connectivity index (χ2v) is 5.88. The minimum atomic E-state index is -0.531. The molecule has 0 bridgehead atoms. The molecule has 5 nitrogen and oxygen atoms in total. The Morgan fingerprint density at radius 2 is 1.50 bits per heavy atom. The third-order valence-corrected chi connectivity index (χ3v) is 3.88. The first-order chi connectivity index (χ1) is 11.4. The summed E-state index contributed by atoms with van der Waals surface area (Å²) in [7, 11) is 4.73. The fourth-order valence-electron chi connectivity index (χ4n) is 2.41. The molecule has 0 aliphatic heterocycles. The number of rotatable bonds is 6. The van der Waals surface area contributed by atoms with E-state index in [2.05, 4.69) is 5.32 Å². The van der Waals surface area contributed by atoms with Gasteiger partial charge >= 0.3 is 0 Å². The Bertz CT molecular complexity index is 708. The van der Waals surface area contributed by atoms with Crippen molar-refractivity contribution in [2.45, 2.75) is 19.4 Å². The normalized spacial score (nSPS) is 10.9. The molecule has 1 amide bonds. The van der Waals surface area contributed by atoms with Gasteiger partial charge in [0, 0.05) is 5.56 Å². The number of amides is 1. The molecule has 2 aromatic rings. The van der Waals surface area contributed by atoms with Crippen LogP contribution < -0.4 is 19.5 Å². The van der Waals surface area contributed by atoms with Crippen LogP contribution in [0, 0.1) is 0 Å². The highest BCUT2D eigenvalue weighted by atomic mass is 16.5. The van der Waals surface area contributed by atoms with E-state index in [0.717, 1.165) is 11.3 Å². The lowest BCUT2D eigenvalue weighted by molar-refractivity contribution is 0.0911. The molecule has 0 saturated carbocycles. The first kappa shape index (κ1) is 17.7. The van der Waals surface area contributed by atoms with E-state index in [0.29, 0.717) is 17.1 Å². The van der Waals surface area contributed by atoms with Gasteiger partial charge in [-0.2, -0.15) is 0 Å². The number of hydrogen-bond acceptors (Lipinski definition) is 4. The number of hydrogen-bond donors (Lipinski definition) is 1. The number of benzene rings is 2. The molecule has 5 heteroatoms. The van der Waals surface area contributed by atoms with Crippen LogP contribution in [-0.4, -0.2) is 27.2 Å². The van der Waals surface area contributed by atoms with Gasteiger partial charge in [-0.3, -0.25) is 4.79 Å². The summed E-state index contributed by atoms with van der Waals surface area (Å²) in [6, 6.07) is 12.7. The lowest BCUT2D eigenvalue weighted by Crippen LogP contribution is -2.40. The van der Waals surface area contributed by atoms with E-state index in [1.165, 1.54) is 0 Å². The third-order valence-electron chi connectivity index (χ3n) is 3.88. The first-order valence-electron chi connectivity index (χ1n) is 7.60. The molecule has 0 aliphatic rings.